The number of aryl methyl sites for hydroxylation is 1. The van der Waals surface area contributed by atoms with E-state index < -0.39 is 18.8 Å². The molecule has 1 aromatic rings. The first-order valence-electron chi connectivity index (χ1n) is 4.70. The zero-order chi connectivity index (χ0) is 13.1. The van der Waals surface area contributed by atoms with Crippen LogP contribution < -0.4 is 5.32 Å². The largest absolute Gasteiger partial charge is 0.416 e. The Kier molecular flexibility index (Phi) is 3.91. The third-order valence-corrected chi connectivity index (χ3v) is 1.94. The number of rotatable bonds is 3. The van der Waals surface area contributed by atoms with Crippen LogP contribution in [0.25, 0.3) is 0 Å². The number of hydrogen-bond donors (Lipinski definition) is 2. The molecule has 0 radical (unpaired) electrons. The van der Waals surface area contributed by atoms with Gasteiger partial charge in [0, 0.05) is 5.69 Å². The molecular weight excluding hydrogens is 235 g/mol. The number of alkyl halides is 3. The molecule has 0 aliphatic carbocycles. The second-order valence-electron chi connectivity index (χ2n) is 3.43. The highest BCUT2D eigenvalue weighted by molar-refractivity contribution is 5.44. The molecule has 4 nitrogen and oxygen atoms in total. The standard InChI is InChI=1S/C10H10F3N3O/c1-6-2-7(4-14)3-9(16-6)15-5-8(17)10(11,12)13/h2-3,8,17H,5H2,1H3,(H,15,16). The molecule has 1 aromatic heterocycles. The number of nitrogens with one attached hydrogen (secondary N) is 1. The van der Waals surface area contributed by atoms with Crippen molar-refractivity contribution in [2.24, 2.45) is 0 Å². The maximum Gasteiger partial charge on any atom is 0.416 e. The summed E-state index contributed by atoms with van der Waals surface area (Å²) >= 11 is 0. The van der Waals surface area contributed by atoms with Gasteiger partial charge in [0.15, 0.2) is 6.10 Å². The van der Waals surface area contributed by atoms with E-state index in [1.54, 1.807) is 6.92 Å². The molecule has 92 valence electrons. The molecule has 1 atom stereocenters. The molecule has 0 amide bonds. The Morgan fingerprint density at radius 2 is 2.18 bits per heavy atom. The number of hydrogen-bond acceptors (Lipinski definition) is 4. The number of halogens is 3. The van der Waals surface area contributed by atoms with Crippen LogP contribution in [0.5, 0.6) is 0 Å². The van der Waals surface area contributed by atoms with Crippen molar-refractivity contribution in [1.82, 2.24) is 4.98 Å². The molecule has 1 rings (SSSR count). The van der Waals surface area contributed by atoms with Gasteiger partial charge >= 0.3 is 6.18 Å². The Morgan fingerprint density at radius 3 is 2.71 bits per heavy atom. The SMILES string of the molecule is Cc1cc(C#N)cc(NCC(O)C(F)(F)F)n1. The third kappa shape index (κ3) is 3.92. The van der Waals surface area contributed by atoms with Crippen LogP contribution in [0.2, 0.25) is 0 Å². The zero-order valence-corrected chi connectivity index (χ0v) is 8.91. The van der Waals surface area contributed by atoms with Gasteiger partial charge in [-0.2, -0.15) is 18.4 Å². The predicted molar refractivity (Wildman–Crippen MR) is 54.2 cm³/mol. The molecule has 1 heterocycles. The van der Waals surface area contributed by atoms with Crippen molar-refractivity contribution in [3.05, 3.63) is 23.4 Å². The molecule has 7 heteroatoms. The van der Waals surface area contributed by atoms with E-state index in [1.165, 1.54) is 12.1 Å². The molecule has 0 aromatic carbocycles. The number of nitrogens with zero attached hydrogens (tertiary/aromatic N) is 2. The van der Waals surface area contributed by atoms with Crippen molar-refractivity contribution in [1.29, 1.82) is 5.26 Å². The fourth-order valence-electron chi connectivity index (χ4n) is 1.14. The Bertz CT molecular complexity index is 439. The van der Waals surface area contributed by atoms with Crippen molar-refractivity contribution in [3.8, 4) is 6.07 Å². The highest BCUT2D eigenvalue weighted by Crippen LogP contribution is 2.20. The Balaban J connectivity index is 2.70. The number of aromatic nitrogens is 1. The number of aliphatic hydroxyl groups excluding tert-OH is 1. The summed E-state index contributed by atoms with van der Waals surface area (Å²) in [5.41, 5.74) is 0.801. The smallest absolute Gasteiger partial charge is 0.382 e. The van der Waals surface area contributed by atoms with E-state index in [2.05, 4.69) is 10.3 Å². The van der Waals surface area contributed by atoms with Gasteiger partial charge in [-0.05, 0) is 19.1 Å². The highest BCUT2D eigenvalue weighted by atomic mass is 19.4. The van der Waals surface area contributed by atoms with Crippen LogP contribution in [0.1, 0.15) is 11.3 Å². The van der Waals surface area contributed by atoms with Crippen molar-refractivity contribution < 1.29 is 18.3 Å². The minimum absolute atomic E-state index is 0.129. The van der Waals surface area contributed by atoms with E-state index in [0.29, 0.717) is 11.3 Å². The third-order valence-electron chi connectivity index (χ3n) is 1.94. The molecule has 0 aliphatic heterocycles. The van der Waals surface area contributed by atoms with Crippen molar-refractivity contribution >= 4 is 5.82 Å². The van der Waals surface area contributed by atoms with Gasteiger partial charge in [-0.25, -0.2) is 4.98 Å². The lowest BCUT2D eigenvalue weighted by Crippen LogP contribution is -2.35. The molecule has 0 saturated carbocycles. The molecule has 1 unspecified atom stereocenters. The minimum Gasteiger partial charge on any atom is -0.382 e. The second-order valence-corrected chi connectivity index (χ2v) is 3.43. The quantitative estimate of drug-likeness (QED) is 0.848. The van der Waals surface area contributed by atoms with Crippen molar-refractivity contribution in [2.75, 3.05) is 11.9 Å². The predicted octanol–water partition coefficient (Wildman–Crippen LogP) is 1.60. The maximum absolute atomic E-state index is 12.0. The average Bonchev–Trinajstić information content (AvgIpc) is 2.23. The summed E-state index contributed by atoms with van der Waals surface area (Å²) in [7, 11) is 0. The lowest BCUT2D eigenvalue weighted by Gasteiger charge is -2.15. The minimum atomic E-state index is -4.67. The van der Waals surface area contributed by atoms with Gasteiger partial charge in [0.2, 0.25) is 0 Å². The lowest BCUT2D eigenvalue weighted by molar-refractivity contribution is -0.198. The van der Waals surface area contributed by atoms with Crippen LogP contribution in [-0.2, 0) is 0 Å². The van der Waals surface area contributed by atoms with Crippen molar-refractivity contribution in [3.63, 3.8) is 0 Å². The van der Waals surface area contributed by atoms with Gasteiger partial charge in [0.05, 0.1) is 18.2 Å². The molecular formula is C10H10F3N3O. The fourth-order valence-corrected chi connectivity index (χ4v) is 1.14. The van der Waals surface area contributed by atoms with Crippen LogP contribution in [-0.4, -0.2) is 28.9 Å². The second kappa shape index (κ2) is 5.01. The summed E-state index contributed by atoms with van der Waals surface area (Å²) in [6, 6.07) is 4.68. The molecule has 0 saturated heterocycles. The van der Waals surface area contributed by atoms with Gasteiger partial charge in [0.25, 0.3) is 0 Å². The molecule has 0 spiro atoms. The van der Waals surface area contributed by atoms with E-state index in [-0.39, 0.29) is 5.82 Å². The van der Waals surface area contributed by atoms with E-state index in [1.807, 2.05) is 6.07 Å². The van der Waals surface area contributed by atoms with Gasteiger partial charge in [-0.3, -0.25) is 0 Å². The number of anilines is 1. The first kappa shape index (κ1) is 13.3. The topological polar surface area (TPSA) is 68.9 Å². The monoisotopic (exact) mass is 245 g/mol. The highest BCUT2D eigenvalue weighted by Gasteiger charge is 2.37. The maximum atomic E-state index is 12.0. The Hall–Kier alpha value is -1.81. The first-order chi connectivity index (χ1) is 7.82. The van der Waals surface area contributed by atoms with E-state index in [9.17, 15) is 13.2 Å². The zero-order valence-electron chi connectivity index (χ0n) is 8.91. The van der Waals surface area contributed by atoms with Crippen LogP contribution in [0.4, 0.5) is 19.0 Å². The van der Waals surface area contributed by atoms with E-state index >= 15 is 0 Å². The summed E-state index contributed by atoms with van der Waals surface area (Å²) in [4.78, 5) is 3.90. The first-order valence-corrected chi connectivity index (χ1v) is 4.70. The molecule has 0 bridgehead atoms. The van der Waals surface area contributed by atoms with E-state index in [0.717, 1.165) is 0 Å². The van der Waals surface area contributed by atoms with Crippen LogP contribution in [0.3, 0.4) is 0 Å². The number of pyridine rings is 1. The van der Waals surface area contributed by atoms with Crippen LogP contribution in [0, 0.1) is 18.3 Å². The summed E-state index contributed by atoms with van der Waals surface area (Å²) in [6.07, 6.45) is -7.13. The average molecular weight is 245 g/mol. The summed E-state index contributed by atoms with van der Waals surface area (Å²) in [5.74, 6) is 0.129. The molecule has 17 heavy (non-hydrogen) atoms. The van der Waals surface area contributed by atoms with Gasteiger partial charge in [-0.1, -0.05) is 0 Å². The number of aliphatic hydroxyl groups is 1. The van der Waals surface area contributed by atoms with Crippen molar-refractivity contribution in [2.45, 2.75) is 19.2 Å². The lowest BCUT2D eigenvalue weighted by atomic mass is 10.2. The summed E-state index contributed by atoms with van der Waals surface area (Å²) in [5, 5.41) is 19.8. The van der Waals surface area contributed by atoms with Crippen LogP contribution >= 0.6 is 0 Å². The summed E-state index contributed by atoms with van der Waals surface area (Å²) < 4.78 is 36.0. The summed E-state index contributed by atoms with van der Waals surface area (Å²) in [6.45, 7) is 0.914. The van der Waals surface area contributed by atoms with Gasteiger partial charge in [-0.15, -0.1) is 0 Å². The van der Waals surface area contributed by atoms with Gasteiger partial charge < -0.3 is 10.4 Å². The van der Waals surface area contributed by atoms with Gasteiger partial charge in [0.1, 0.15) is 5.82 Å². The Morgan fingerprint density at radius 1 is 1.53 bits per heavy atom. The Labute approximate surface area is 95.7 Å². The molecule has 0 aliphatic rings. The normalized spacial score (nSPS) is 12.9. The number of nitriles is 1. The van der Waals surface area contributed by atoms with Crippen LogP contribution in [0.15, 0.2) is 12.1 Å². The molecule has 2 N–H and O–H groups in total. The fraction of sp³-hybridized carbons (Fsp3) is 0.400. The van der Waals surface area contributed by atoms with E-state index in [4.69, 9.17) is 10.4 Å². The molecule has 0 fully saturated rings.